The third kappa shape index (κ3) is 2.45. The lowest BCUT2D eigenvalue weighted by atomic mass is 10.0. The van der Waals surface area contributed by atoms with Crippen LogP contribution >= 0.6 is 11.6 Å². The molecule has 2 rings (SSSR count). The molecule has 0 N–H and O–H groups in total. The van der Waals surface area contributed by atoms with Crippen molar-refractivity contribution in [2.75, 3.05) is 0 Å². The Balaban J connectivity index is 2.39. The zero-order chi connectivity index (χ0) is 12.4. The smallest absolute Gasteiger partial charge is 0.258 e. The summed E-state index contributed by atoms with van der Waals surface area (Å²) >= 11 is 5.95. The summed E-state index contributed by atoms with van der Waals surface area (Å²) in [6.07, 6.45) is 0. The van der Waals surface area contributed by atoms with Crippen LogP contribution in [0.4, 0.5) is 5.69 Å². The molecule has 3 nitrogen and oxygen atoms in total. The van der Waals surface area contributed by atoms with Crippen LogP contribution < -0.4 is 0 Å². The Bertz CT molecular complexity index is 564. The summed E-state index contributed by atoms with van der Waals surface area (Å²) < 4.78 is 0. The van der Waals surface area contributed by atoms with E-state index in [1.165, 1.54) is 12.1 Å². The Hall–Kier alpha value is -1.87. The van der Waals surface area contributed by atoms with E-state index in [0.29, 0.717) is 0 Å². The molecule has 0 spiro atoms. The van der Waals surface area contributed by atoms with Gasteiger partial charge in [0.05, 0.1) is 4.92 Å². The van der Waals surface area contributed by atoms with Crippen LogP contribution in [0, 0.1) is 17.0 Å². The molecule has 0 heterocycles. The average molecular weight is 248 g/mol. The maximum atomic E-state index is 10.5. The average Bonchev–Trinajstić information content (AvgIpc) is 2.33. The first-order chi connectivity index (χ1) is 8.08. The molecular formula is C13H10ClNO2. The molecule has 0 amide bonds. The SMILES string of the molecule is Cc1cc(-c2ccc([N+](=O)[O-])cc2)ccc1Cl. The minimum Gasteiger partial charge on any atom is -0.258 e. The van der Waals surface area contributed by atoms with Crippen LogP contribution in [0.1, 0.15) is 5.56 Å². The van der Waals surface area contributed by atoms with Crippen molar-refractivity contribution in [1.29, 1.82) is 0 Å². The van der Waals surface area contributed by atoms with E-state index in [-0.39, 0.29) is 5.69 Å². The standard InChI is InChI=1S/C13H10ClNO2/c1-9-8-11(4-7-13(9)14)10-2-5-12(6-3-10)15(16)17/h2-8H,1H3. The van der Waals surface area contributed by atoms with Gasteiger partial charge in [0.2, 0.25) is 0 Å². The van der Waals surface area contributed by atoms with Crippen LogP contribution in [-0.4, -0.2) is 4.92 Å². The molecule has 0 aliphatic heterocycles. The van der Waals surface area contributed by atoms with Crippen molar-refractivity contribution in [3.8, 4) is 11.1 Å². The van der Waals surface area contributed by atoms with E-state index in [2.05, 4.69) is 0 Å². The molecule has 0 bridgehead atoms. The van der Waals surface area contributed by atoms with Gasteiger partial charge in [-0.1, -0.05) is 17.7 Å². The molecule has 0 radical (unpaired) electrons. The molecule has 0 fully saturated rings. The summed E-state index contributed by atoms with van der Waals surface area (Å²) in [6, 6.07) is 12.2. The maximum Gasteiger partial charge on any atom is 0.269 e. The van der Waals surface area contributed by atoms with Crippen LogP contribution in [-0.2, 0) is 0 Å². The first-order valence-electron chi connectivity index (χ1n) is 5.09. The lowest BCUT2D eigenvalue weighted by Gasteiger charge is -2.04. The normalized spacial score (nSPS) is 10.2. The number of halogens is 1. The number of hydrogen-bond acceptors (Lipinski definition) is 2. The summed E-state index contributed by atoms with van der Waals surface area (Å²) in [7, 11) is 0. The van der Waals surface area contributed by atoms with E-state index in [1.807, 2.05) is 25.1 Å². The van der Waals surface area contributed by atoms with Crippen molar-refractivity contribution >= 4 is 17.3 Å². The minimum atomic E-state index is -0.406. The Morgan fingerprint density at radius 1 is 1.06 bits per heavy atom. The molecule has 0 atom stereocenters. The first kappa shape index (κ1) is 11.6. The molecule has 2 aromatic carbocycles. The number of benzene rings is 2. The number of nitro groups is 1. The van der Waals surface area contributed by atoms with E-state index in [1.54, 1.807) is 12.1 Å². The number of hydrogen-bond donors (Lipinski definition) is 0. The minimum absolute atomic E-state index is 0.0967. The topological polar surface area (TPSA) is 43.1 Å². The van der Waals surface area contributed by atoms with Gasteiger partial charge in [0.25, 0.3) is 5.69 Å². The number of non-ortho nitro benzene ring substituents is 1. The van der Waals surface area contributed by atoms with Crippen LogP contribution in [0.25, 0.3) is 11.1 Å². The van der Waals surface area contributed by atoms with Crippen molar-refractivity contribution in [3.05, 3.63) is 63.2 Å². The van der Waals surface area contributed by atoms with Gasteiger partial charge in [-0.3, -0.25) is 10.1 Å². The summed E-state index contributed by atoms with van der Waals surface area (Å²) in [5.74, 6) is 0. The van der Waals surface area contributed by atoms with E-state index < -0.39 is 4.92 Å². The third-order valence-electron chi connectivity index (χ3n) is 2.57. The number of nitro benzene ring substituents is 1. The zero-order valence-electron chi connectivity index (χ0n) is 9.18. The highest BCUT2D eigenvalue weighted by molar-refractivity contribution is 6.31. The molecule has 0 aliphatic rings. The molecule has 0 aromatic heterocycles. The second kappa shape index (κ2) is 4.55. The highest BCUT2D eigenvalue weighted by Crippen LogP contribution is 2.26. The largest absolute Gasteiger partial charge is 0.269 e. The molecule has 2 aromatic rings. The highest BCUT2D eigenvalue weighted by Gasteiger charge is 2.05. The Labute approximate surface area is 104 Å². The molecule has 4 heteroatoms. The van der Waals surface area contributed by atoms with Gasteiger partial charge in [0, 0.05) is 17.2 Å². The van der Waals surface area contributed by atoms with Crippen molar-refractivity contribution in [2.45, 2.75) is 6.92 Å². The van der Waals surface area contributed by atoms with E-state index >= 15 is 0 Å². The fraction of sp³-hybridized carbons (Fsp3) is 0.0769. The van der Waals surface area contributed by atoms with Crippen molar-refractivity contribution < 1.29 is 4.92 Å². The molecule has 0 unspecified atom stereocenters. The quantitative estimate of drug-likeness (QED) is 0.589. The molecular weight excluding hydrogens is 238 g/mol. The maximum absolute atomic E-state index is 10.5. The fourth-order valence-corrected chi connectivity index (χ4v) is 1.72. The summed E-state index contributed by atoms with van der Waals surface area (Å²) in [5.41, 5.74) is 3.03. The third-order valence-corrected chi connectivity index (χ3v) is 2.99. The van der Waals surface area contributed by atoms with Crippen LogP contribution in [0.5, 0.6) is 0 Å². The predicted octanol–water partition coefficient (Wildman–Crippen LogP) is 4.22. The molecule has 17 heavy (non-hydrogen) atoms. The number of aryl methyl sites for hydroxylation is 1. The summed E-state index contributed by atoms with van der Waals surface area (Å²) in [6.45, 7) is 1.93. The van der Waals surface area contributed by atoms with Crippen molar-refractivity contribution in [2.24, 2.45) is 0 Å². The number of nitrogens with zero attached hydrogens (tertiary/aromatic N) is 1. The van der Waals surface area contributed by atoms with Gasteiger partial charge >= 0.3 is 0 Å². The summed E-state index contributed by atoms with van der Waals surface area (Å²) in [5, 5.41) is 11.3. The molecule has 0 aliphatic carbocycles. The van der Waals surface area contributed by atoms with Crippen LogP contribution in [0.2, 0.25) is 5.02 Å². The van der Waals surface area contributed by atoms with Gasteiger partial charge < -0.3 is 0 Å². The first-order valence-corrected chi connectivity index (χ1v) is 5.47. The van der Waals surface area contributed by atoms with Gasteiger partial charge in [-0.15, -0.1) is 0 Å². The second-order valence-corrected chi connectivity index (χ2v) is 4.18. The second-order valence-electron chi connectivity index (χ2n) is 3.77. The monoisotopic (exact) mass is 247 g/mol. The lowest BCUT2D eigenvalue weighted by Crippen LogP contribution is -1.87. The van der Waals surface area contributed by atoms with Gasteiger partial charge in [0.15, 0.2) is 0 Å². The lowest BCUT2D eigenvalue weighted by molar-refractivity contribution is -0.384. The van der Waals surface area contributed by atoms with Gasteiger partial charge in [0.1, 0.15) is 0 Å². The van der Waals surface area contributed by atoms with Crippen LogP contribution in [0.15, 0.2) is 42.5 Å². The Kier molecular flexibility index (Phi) is 3.11. The predicted molar refractivity (Wildman–Crippen MR) is 68.3 cm³/mol. The van der Waals surface area contributed by atoms with Gasteiger partial charge in [-0.05, 0) is 47.9 Å². The summed E-state index contributed by atoms with van der Waals surface area (Å²) in [4.78, 5) is 10.1. The van der Waals surface area contributed by atoms with E-state index in [0.717, 1.165) is 21.7 Å². The van der Waals surface area contributed by atoms with Crippen molar-refractivity contribution in [3.63, 3.8) is 0 Å². The fourth-order valence-electron chi connectivity index (χ4n) is 1.60. The van der Waals surface area contributed by atoms with Crippen molar-refractivity contribution in [1.82, 2.24) is 0 Å². The number of rotatable bonds is 2. The van der Waals surface area contributed by atoms with Gasteiger partial charge in [-0.25, -0.2) is 0 Å². The highest BCUT2D eigenvalue weighted by atomic mass is 35.5. The van der Waals surface area contributed by atoms with Crippen LogP contribution in [0.3, 0.4) is 0 Å². The van der Waals surface area contributed by atoms with E-state index in [4.69, 9.17) is 11.6 Å². The molecule has 0 saturated carbocycles. The Morgan fingerprint density at radius 3 is 2.18 bits per heavy atom. The Morgan fingerprint density at radius 2 is 1.65 bits per heavy atom. The van der Waals surface area contributed by atoms with Gasteiger partial charge in [-0.2, -0.15) is 0 Å². The molecule has 0 saturated heterocycles. The molecule has 86 valence electrons. The zero-order valence-corrected chi connectivity index (χ0v) is 9.94. The van der Waals surface area contributed by atoms with E-state index in [9.17, 15) is 10.1 Å².